The Kier molecular flexibility index (Phi) is 4.39. The van der Waals surface area contributed by atoms with Crippen LogP contribution in [0.15, 0.2) is 46.9 Å². The average Bonchev–Trinajstić information content (AvgIpc) is 2.60. The predicted molar refractivity (Wildman–Crippen MR) is 94.5 cm³/mol. The summed E-state index contributed by atoms with van der Waals surface area (Å²) < 4.78 is 17.4. The summed E-state index contributed by atoms with van der Waals surface area (Å²) in [6.45, 7) is 0. The van der Waals surface area contributed by atoms with Crippen LogP contribution in [0.2, 0.25) is 0 Å². The zero-order valence-electron chi connectivity index (χ0n) is 13.1. The van der Waals surface area contributed by atoms with E-state index in [-0.39, 0.29) is 0 Å². The minimum Gasteiger partial charge on any atom is -0.496 e. The molecule has 5 heteroatoms. The van der Waals surface area contributed by atoms with Crippen molar-refractivity contribution in [3.05, 3.63) is 46.9 Å². The molecule has 0 aliphatic carbocycles. The van der Waals surface area contributed by atoms with Crippen LogP contribution in [0.5, 0.6) is 17.2 Å². The third-order valence-corrected chi connectivity index (χ3v) is 4.22. The van der Waals surface area contributed by atoms with Crippen molar-refractivity contribution in [1.29, 1.82) is 0 Å². The lowest BCUT2D eigenvalue weighted by molar-refractivity contribution is 0.398. The molecule has 2 aromatic carbocycles. The molecule has 0 unspecified atom stereocenters. The highest BCUT2D eigenvalue weighted by atomic mass is 79.9. The largest absolute Gasteiger partial charge is 0.496 e. The first-order valence-electron chi connectivity index (χ1n) is 7.04. The molecule has 0 radical (unpaired) electrons. The molecule has 0 bridgehead atoms. The van der Waals surface area contributed by atoms with Crippen molar-refractivity contribution in [2.24, 2.45) is 0 Å². The number of aromatic nitrogens is 1. The molecule has 0 aliphatic rings. The van der Waals surface area contributed by atoms with Crippen LogP contribution in [0.3, 0.4) is 0 Å². The van der Waals surface area contributed by atoms with E-state index in [1.807, 2.05) is 42.5 Å². The van der Waals surface area contributed by atoms with Gasteiger partial charge in [-0.25, -0.2) is 4.98 Å². The average molecular weight is 374 g/mol. The molecule has 0 spiro atoms. The van der Waals surface area contributed by atoms with E-state index in [2.05, 4.69) is 15.9 Å². The summed E-state index contributed by atoms with van der Waals surface area (Å²) in [6, 6.07) is 13.7. The second-order valence-corrected chi connectivity index (χ2v) is 5.75. The van der Waals surface area contributed by atoms with E-state index in [0.29, 0.717) is 22.8 Å². The lowest BCUT2D eigenvalue weighted by atomic mass is 10.1. The maximum absolute atomic E-state index is 5.58. The van der Waals surface area contributed by atoms with Gasteiger partial charge in [0.05, 0.1) is 36.9 Å². The van der Waals surface area contributed by atoms with Gasteiger partial charge in [0.2, 0.25) is 0 Å². The summed E-state index contributed by atoms with van der Waals surface area (Å²) in [6.07, 6.45) is 0. The number of hydrogen-bond acceptors (Lipinski definition) is 4. The van der Waals surface area contributed by atoms with Crippen molar-refractivity contribution in [3.8, 4) is 28.5 Å². The van der Waals surface area contributed by atoms with Crippen LogP contribution in [-0.4, -0.2) is 26.3 Å². The molecule has 1 aromatic heterocycles. The Hall–Kier alpha value is -2.27. The zero-order valence-corrected chi connectivity index (χ0v) is 14.7. The number of rotatable bonds is 4. The van der Waals surface area contributed by atoms with Crippen molar-refractivity contribution >= 4 is 26.8 Å². The van der Waals surface area contributed by atoms with Crippen molar-refractivity contribution in [2.75, 3.05) is 21.3 Å². The molecular formula is C18H16BrNO3. The number of nitrogens with zero attached hydrogens (tertiary/aromatic N) is 1. The molecule has 4 nitrogen and oxygen atoms in total. The Morgan fingerprint density at radius 2 is 1.52 bits per heavy atom. The molecule has 0 fully saturated rings. The Balaban J connectivity index is 2.40. The molecule has 118 valence electrons. The van der Waals surface area contributed by atoms with Crippen LogP contribution >= 0.6 is 15.9 Å². The Morgan fingerprint density at radius 1 is 0.870 bits per heavy atom. The van der Waals surface area contributed by atoms with Crippen molar-refractivity contribution in [2.45, 2.75) is 0 Å². The van der Waals surface area contributed by atoms with E-state index in [1.54, 1.807) is 21.3 Å². The summed E-state index contributed by atoms with van der Waals surface area (Å²) in [5.74, 6) is 2.02. The number of benzene rings is 2. The smallest absolute Gasteiger partial charge is 0.159 e. The van der Waals surface area contributed by atoms with Gasteiger partial charge in [0.1, 0.15) is 17.0 Å². The van der Waals surface area contributed by atoms with Gasteiger partial charge in [0.15, 0.2) is 5.75 Å². The summed E-state index contributed by atoms with van der Waals surface area (Å²) in [4.78, 5) is 4.78. The van der Waals surface area contributed by atoms with Crippen LogP contribution in [0, 0.1) is 0 Å². The number of fused-ring (bicyclic) bond motifs is 1. The van der Waals surface area contributed by atoms with E-state index < -0.39 is 0 Å². The van der Waals surface area contributed by atoms with Gasteiger partial charge in [-0.15, -0.1) is 0 Å². The zero-order chi connectivity index (χ0) is 16.4. The molecule has 0 N–H and O–H groups in total. The third kappa shape index (κ3) is 2.72. The van der Waals surface area contributed by atoms with Crippen molar-refractivity contribution in [3.63, 3.8) is 0 Å². The van der Waals surface area contributed by atoms with E-state index in [0.717, 1.165) is 21.1 Å². The number of methoxy groups -OCH3 is 3. The van der Waals surface area contributed by atoms with Gasteiger partial charge in [0, 0.05) is 11.6 Å². The molecule has 3 aromatic rings. The molecule has 0 amide bonds. The number of ether oxygens (including phenoxy) is 3. The second-order valence-electron chi connectivity index (χ2n) is 4.89. The normalized spacial score (nSPS) is 10.6. The fourth-order valence-corrected chi connectivity index (χ4v) is 3.12. The highest BCUT2D eigenvalue weighted by molar-refractivity contribution is 9.10. The number of halogens is 1. The molecule has 0 saturated carbocycles. The molecule has 0 saturated heterocycles. The Labute approximate surface area is 143 Å². The standard InChI is InChI=1S/C18H16BrNO3/c1-21-14-9-12(19)18(23-3)17-16(14)15(22-2)10-13(20-17)11-7-5-4-6-8-11/h4-10H,1-3H3. The number of pyridine rings is 1. The van der Waals surface area contributed by atoms with E-state index in [1.165, 1.54) is 0 Å². The highest BCUT2D eigenvalue weighted by Gasteiger charge is 2.19. The lowest BCUT2D eigenvalue weighted by Crippen LogP contribution is -1.97. The SMILES string of the molecule is COc1c(Br)cc(OC)c2c(OC)cc(-c3ccccc3)nc12. The predicted octanol–water partition coefficient (Wildman–Crippen LogP) is 4.69. The molecule has 3 rings (SSSR count). The van der Waals surface area contributed by atoms with Crippen molar-refractivity contribution < 1.29 is 14.2 Å². The summed E-state index contributed by atoms with van der Waals surface area (Å²) in [5, 5.41) is 0.787. The van der Waals surface area contributed by atoms with Gasteiger partial charge in [0.25, 0.3) is 0 Å². The molecule has 1 heterocycles. The first-order chi connectivity index (χ1) is 11.2. The van der Waals surface area contributed by atoms with Gasteiger partial charge in [-0.1, -0.05) is 30.3 Å². The summed E-state index contributed by atoms with van der Waals surface area (Å²) >= 11 is 3.51. The van der Waals surface area contributed by atoms with Gasteiger partial charge in [-0.05, 0) is 22.0 Å². The van der Waals surface area contributed by atoms with Crippen LogP contribution < -0.4 is 14.2 Å². The van der Waals surface area contributed by atoms with E-state index >= 15 is 0 Å². The summed E-state index contributed by atoms with van der Waals surface area (Å²) in [5.41, 5.74) is 2.51. The first kappa shape index (κ1) is 15.6. The quantitative estimate of drug-likeness (QED) is 0.664. The highest BCUT2D eigenvalue weighted by Crippen LogP contribution is 2.44. The third-order valence-electron chi connectivity index (χ3n) is 3.63. The first-order valence-corrected chi connectivity index (χ1v) is 7.83. The minimum atomic E-state index is 0.650. The second kappa shape index (κ2) is 6.46. The van der Waals surface area contributed by atoms with Gasteiger partial charge in [-0.2, -0.15) is 0 Å². The van der Waals surface area contributed by atoms with Gasteiger partial charge in [-0.3, -0.25) is 0 Å². The van der Waals surface area contributed by atoms with E-state index in [9.17, 15) is 0 Å². The van der Waals surface area contributed by atoms with E-state index in [4.69, 9.17) is 19.2 Å². The van der Waals surface area contributed by atoms with Crippen molar-refractivity contribution in [1.82, 2.24) is 4.98 Å². The molecule has 23 heavy (non-hydrogen) atoms. The molecule has 0 aliphatic heterocycles. The van der Waals surface area contributed by atoms with Gasteiger partial charge < -0.3 is 14.2 Å². The minimum absolute atomic E-state index is 0.650. The number of hydrogen-bond donors (Lipinski definition) is 0. The monoisotopic (exact) mass is 373 g/mol. The van der Waals surface area contributed by atoms with Gasteiger partial charge >= 0.3 is 0 Å². The fourth-order valence-electron chi connectivity index (χ4n) is 2.56. The molecule has 0 atom stereocenters. The maximum atomic E-state index is 5.58. The Morgan fingerprint density at radius 3 is 2.13 bits per heavy atom. The fraction of sp³-hybridized carbons (Fsp3) is 0.167. The summed E-state index contributed by atoms with van der Waals surface area (Å²) in [7, 11) is 4.88. The van der Waals surface area contributed by atoms with Crippen LogP contribution in [-0.2, 0) is 0 Å². The molecular weight excluding hydrogens is 358 g/mol. The lowest BCUT2D eigenvalue weighted by Gasteiger charge is -2.15. The maximum Gasteiger partial charge on any atom is 0.159 e. The Bertz CT molecular complexity index is 850. The van der Waals surface area contributed by atoms with Crippen LogP contribution in [0.1, 0.15) is 0 Å². The van der Waals surface area contributed by atoms with Crippen LogP contribution in [0.4, 0.5) is 0 Å². The topological polar surface area (TPSA) is 40.6 Å². The van der Waals surface area contributed by atoms with Crippen LogP contribution in [0.25, 0.3) is 22.2 Å².